The molecule has 1 aliphatic rings. The lowest BCUT2D eigenvalue weighted by Crippen LogP contribution is -2.51. The van der Waals surface area contributed by atoms with Gasteiger partial charge in [-0.2, -0.15) is 0 Å². The summed E-state index contributed by atoms with van der Waals surface area (Å²) in [6.07, 6.45) is 1.86. The summed E-state index contributed by atoms with van der Waals surface area (Å²) in [6, 6.07) is 11.8. The first kappa shape index (κ1) is 19.7. The van der Waals surface area contributed by atoms with Gasteiger partial charge in [-0.05, 0) is 56.5 Å². The number of benzene rings is 2. The van der Waals surface area contributed by atoms with E-state index >= 15 is 0 Å². The fourth-order valence-electron chi connectivity index (χ4n) is 3.70. The predicted octanol–water partition coefficient (Wildman–Crippen LogP) is 3.78. The molecule has 2 unspecified atom stereocenters. The highest BCUT2D eigenvalue weighted by Crippen LogP contribution is 2.34. The van der Waals surface area contributed by atoms with E-state index < -0.39 is 16.1 Å². The zero-order valence-electron chi connectivity index (χ0n) is 15.8. The van der Waals surface area contributed by atoms with Crippen molar-refractivity contribution in [2.75, 3.05) is 15.5 Å². The molecule has 0 aliphatic carbocycles. The third kappa shape index (κ3) is 3.69. The van der Waals surface area contributed by atoms with Crippen LogP contribution >= 0.6 is 11.6 Å². The maximum Gasteiger partial charge on any atom is 0.250 e. The number of hydrogen-bond donors (Lipinski definition) is 0. The van der Waals surface area contributed by atoms with Crippen molar-refractivity contribution in [1.82, 2.24) is 0 Å². The number of sulfonamides is 1. The Kier molecular flexibility index (Phi) is 5.23. The van der Waals surface area contributed by atoms with E-state index in [0.717, 1.165) is 29.5 Å². The molecule has 0 saturated carbocycles. The number of rotatable bonds is 4. The van der Waals surface area contributed by atoms with E-state index in [0.29, 0.717) is 10.7 Å². The van der Waals surface area contributed by atoms with E-state index in [-0.39, 0.29) is 11.9 Å². The molecule has 2 aromatic carbocycles. The largest absolute Gasteiger partial charge is 0.307 e. The molecule has 1 amide bonds. The van der Waals surface area contributed by atoms with Gasteiger partial charge < -0.3 is 4.90 Å². The quantitative estimate of drug-likeness (QED) is 0.776. The molecule has 1 aliphatic heterocycles. The Morgan fingerprint density at radius 2 is 1.93 bits per heavy atom. The predicted molar refractivity (Wildman–Crippen MR) is 110 cm³/mol. The van der Waals surface area contributed by atoms with Crippen LogP contribution < -0.4 is 9.21 Å². The van der Waals surface area contributed by atoms with Crippen molar-refractivity contribution in [2.45, 2.75) is 39.3 Å². The Hall–Kier alpha value is -2.05. The van der Waals surface area contributed by atoms with Crippen molar-refractivity contribution in [3.05, 3.63) is 58.6 Å². The van der Waals surface area contributed by atoms with Gasteiger partial charge in [0.25, 0.3) is 5.91 Å². The third-order valence-electron chi connectivity index (χ3n) is 4.92. The van der Waals surface area contributed by atoms with Gasteiger partial charge in [0.05, 0.1) is 11.9 Å². The average Bonchev–Trinajstić information content (AvgIpc) is 2.92. The van der Waals surface area contributed by atoms with Crippen LogP contribution in [0.5, 0.6) is 0 Å². The lowest BCUT2D eigenvalue weighted by Gasteiger charge is -2.33. The number of para-hydroxylation sites is 1. The lowest BCUT2D eigenvalue weighted by atomic mass is 10.1. The first-order valence-electron chi connectivity index (χ1n) is 8.78. The number of fused-ring (bicyclic) bond motifs is 1. The number of anilines is 2. The lowest BCUT2D eigenvalue weighted by molar-refractivity contribution is -0.119. The van der Waals surface area contributed by atoms with Crippen molar-refractivity contribution in [1.29, 1.82) is 0 Å². The van der Waals surface area contributed by atoms with Crippen LogP contribution in [-0.2, 0) is 21.2 Å². The first-order chi connectivity index (χ1) is 12.6. The molecule has 27 heavy (non-hydrogen) atoms. The second-order valence-corrected chi connectivity index (χ2v) is 9.35. The molecule has 0 bridgehead atoms. The molecule has 0 aromatic heterocycles. The zero-order chi connectivity index (χ0) is 19.9. The number of hydrogen-bond acceptors (Lipinski definition) is 3. The van der Waals surface area contributed by atoms with Crippen LogP contribution in [0.2, 0.25) is 5.02 Å². The molecule has 3 rings (SSSR count). The third-order valence-corrected chi connectivity index (χ3v) is 6.38. The van der Waals surface area contributed by atoms with Crippen molar-refractivity contribution in [3.63, 3.8) is 0 Å². The highest BCUT2D eigenvalue weighted by molar-refractivity contribution is 7.92. The summed E-state index contributed by atoms with van der Waals surface area (Å²) in [5, 5.41) is 0.420. The van der Waals surface area contributed by atoms with Crippen LogP contribution in [0.1, 0.15) is 25.0 Å². The molecular formula is C20H23ClN2O3S. The number of carbonyl (C=O) groups excluding carboxylic acids is 1. The molecule has 2 aromatic rings. The van der Waals surface area contributed by atoms with Crippen LogP contribution in [0.15, 0.2) is 42.5 Å². The summed E-state index contributed by atoms with van der Waals surface area (Å²) in [6.45, 7) is 5.40. The van der Waals surface area contributed by atoms with Gasteiger partial charge in [-0.1, -0.05) is 35.9 Å². The number of halogens is 1. The van der Waals surface area contributed by atoms with Crippen LogP contribution in [0.25, 0.3) is 0 Å². The summed E-state index contributed by atoms with van der Waals surface area (Å²) in [7, 11) is -3.70. The number of carbonyl (C=O) groups is 1. The molecule has 5 nitrogen and oxygen atoms in total. The Labute approximate surface area is 165 Å². The Morgan fingerprint density at radius 3 is 2.59 bits per heavy atom. The van der Waals surface area contributed by atoms with Crippen LogP contribution in [0.3, 0.4) is 0 Å². The van der Waals surface area contributed by atoms with E-state index in [2.05, 4.69) is 0 Å². The highest BCUT2D eigenvalue weighted by atomic mass is 35.5. The van der Waals surface area contributed by atoms with Gasteiger partial charge >= 0.3 is 0 Å². The summed E-state index contributed by atoms with van der Waals surface area (Å²) in [5.74, 6) is -0.253. The fourth-order valence-corrected chi connectivity index (χ4v) is 5.08. The smallest absolute Gasteiger partial charge is 0.250 e. The summed E-state index contributed by atoms with van der Waals surface area (Å²) < 4.78 is 26.4. The summed E-state index contributed by atoms with van der Waals surface area (Å²) >= 11 is 6.10. The molecule has 0 N–H and O–H groups in total. The van der Waals surface area contributed by atoms with Crippen LogP contribution in [-0.4, -0.2) is 32.7 Å². The minimum absolute atomic E-state index is 0.0285. The molecule has 0 fully saturated rings. The van der Waals surface area contributed by atoms with E-state index in [1.54, 1.807) is 36.9 Å². The van der Waals surface area contributed by atoms with Crippen LogP contribution in [0.4, 0.5) is 11.4 Å². The summed E-state index contributed by atoms with van der Waals surface area (Å²) in [4.78, 5) is 15.1. The van der Waals surface area contributed by atoms with Gasteiger partial charge in [-0.25, -0.2) is 8.42 Å². The Morgan fingerprint density at radius 1 is 1.26 bits per heavy atom. The van der Waals surface area contributed by atoms with Crippen molar-refractivity contribution in [2.24, 2.45) is 0 Å². The normalized spacial score (nSPS) is 17.5. The average molecular weight is 407 g/mol. The molecular weight excluding hydrogens is 384 g/mol. The van der Waals surface area contributed by atoms with Gasteiger partial charge in [-0.3, -0.25) is 9.10 Å². The number of amides is 1. The number of aryl methyl sites for hydroxylation is 1. The van der Waals surface area contributed by atoms with Gasteiger partial charge in [0.1, 0.15) is 6.04 Å². The maximum absolute atomic E-state index is 13.4. The molecule has 0 radical (unpaired) electrons. The van der Waals surface area contributed by atoms with Gasteiger partial charge in [0, 0.05) is 16.8 Å². The monoisotopic (exact) mass is 406 g/mol. The second-order valence-electron chi connectivity index (χ2n) is 7.06. The molecule has 0 spiro atoms. The molecule has 1 heterocycles. The molecule has 7 heteroatoms. The van der Waals surface area contributed by atoms with Crippen molar-refractivity contribution < 1.29 is 13.2 Å². The van der Waals surface area contributed by atoms with Crippen molar-refractivity contribution in [3.8, 4) is 0 Å². The van der Waals surface area contributed by atoms with E-state index in [1.165, 1.54) is 4.31 Å². The van der Waals surface area contributed by atoms with Gasteiger partial charge in [0.2, 0.25) is 10.0 Å². The zero-order valence-corrected chi connectivity index (χ0v) is 17.4. The van der Waals surface area contributed by atoms with E-state index in [9.17, 15) is 13.2 Å². The minimum atomic E-state index is -3.70. The first-order valence-corrected chi connectivity index (χ1v) is 11.0. The standard InChI is InChI=1S/C20H23ClN2O3S/c1-13-9-10-17(21)12-19(13)23(27(4,25)26)15(3)20(24)22-14(2)11-16-7-5-6-8-18(16)22/h5-10,12,14-15H,11H2,1-4H3. The van der Waals surface area contributed by atoms with E-state index in [4.69, 9.17) is 11.6 Å². The minimum Gasteiger partial charge on any atom is -0.307 e. The summed E-state index contributed by atoms with van der Waals surface area (Å²) in [5.41, 5.74) is 3.10. The van der Waals surface area contributed by atoms with Crippen LogP contribution in [0, 0.1) is 6.92 Å². The molecule has 0 saturated heterocycles. The highest BCUT2D eigenvalue weighted by Gasteiger charge is 2.38. The second kappa shape index (κ2) is 7.17. The SMILES string of the molecule is Cc1ccc(Cl)cc1N(C(C)C(=O)N1c2ccccc2CC1C)S(C)(=O)=O. The van der Waals surface area contributed by atoms with Gasteiger partial charge in [-0.15, -0.1) is 0 Å². The fraction of sp³-hybridized carbons (Fsp3) is 0.350. The maximum atomic E-state index is 13.4. The Balaban J connectivity index is 2.04. The topological polar surface area (TPSA) is 57.7 Å². The molecule has 144 valence electrons. The van der Waals surface area contributed by atoms with Crippen molar-refractivity contribution >= 4 is 38.9 Å². The number of nitrogens with zero attached hydrogens (tertiary/aromatic N) is 2. The Bertz CT molecular complexity index is 990. The molecule has 2 atom stereocenters. The van der Waals surface area contributed by atoms with Gasteiger partial charge in [0.15, 0.2) is 0 Å². The van der Waals surface area contributed by atoms with E-state index in [1.807, 2.05) is 31.2 Å².